The maximum Gasteiger partial charge on any atom is 0.328 e. The van der Waals surface area contributed by atoms with Crippen LogP contribution in [0.3, 0.4) is 0 Å². The summed E-state index contributed by atoms with van der Waals surface area (Å²) >= 11 is 0. The van der Waals surface area contributed by atoms with Gasteiger partial charge in [-0.05, 0) is 13.3 Å². The van der Waals surface area contributed by atoms with Gasteiger partial charge in [0.15, 0.2) is 0 Å². The first-order valence-electron chi connectivity index (χ1n) is 8.55. The number of ether oxygens (including phenoxy) is 2. The summed E-state index contributed by atoms with van der Waals surface area (Å²) in [5.74, 6) is -1.33. The lowest BCUT2D eigenvalue weighted by Gasteiger charge is -2.12. The molecular weight excluding hydrogens is 340 g/mol. The van der Waals surface area contributed by atoms with E-state index in [1.165, 1.54) is 28.1 Å². The number of methoxy groups -OCH3 is 2. The van der Waals surface area contributed by atoms with Gasteiger partial charge in [-0.25, -0.2) is 4.79 Å². The van der Waals surface area contributed by atoms with Crippen LogP contribution in [0.15, 0.2) is 12.2 Å². The smallest absolute Gasteiger partial charge is 0.328 e. The van der Waals surface area contributed by atoms with Gasteiger partial charge in [0.05, 0.1) is 14.2 Å². The van der Waals surface area contributed by atoms with Crippen molar-refractivity contribution < 1.29 is 28.7 Å². The molecule has 1 unspecified atom stereocenters. The van der Waals surface area contributed by atoms with Gasteiger partial charge in [0.1, 0.15) is 12.6 Å². The molecule has 2 amide bonds. The molecule has 0 spiro atoms. The average molecular weight is 376 g/mol. The summed E-state index contributed by atoms with van der Waals surface area (Å²) in [5.41, 5.74) is 0. The predicted molar refractivity (Wildman–Crippen MR) is 102 cm³/mol. The molecule has 0 radical (unpaired) electrons. The number of carbonyl (C=O) groups is 4. The van der Waals surface area contributed by atoms with Gasteiger partial charge in [0.2, 0.25) is 11.8 Å². The van der Waals surface area contributed by atoms with Crippen molar-refractivity contribution in [2.75, 3.05) is 20.8 Å². The number of hydrogen-bond donors (Lipinski definition) is 2. The topological polar surface area (TPSA) is 111 Å². The van der Waals surface area contributed by atoms with Crippen LogP contribution in [-0.4, -0.2) is 50.6 Å². The van der Waals surface area contributed by atoms with Gasteiger partial charge >= 0.3 is 11.9 Å². The second-order valence-corrected chi connectivity index (χ2v) is 4.07. The fraction of sp³-hybridized carbons (Fsp3) is 0.667. The molecule has 0 rings (SSSR count). The third-order valence-electron chi connectivity index (χ3n) is 2.18. The number of nitrogens with one attached hydrogen (secondary N) is 2. The molecule has 0 heterocycles. The van der Waals surface area contributed by atoms with Gasteiger partial charge in [0.25, 0.3) is 0 Å². The second kappa shape index (κ2) is 24.9. The van der Waals surface area contributed by atoms with Crippen molar-refractivity contribution in [2.24, 2.45) is 0 Å². The van der Waals surface area contributed by atoms with Gasteiger partial charge in [0, 0.05) is 13.8 Å². The maximum absolute atomic E-state index is 11.1. The molecule has 0 aliphatic heterocycles. The standard InChI is InChI=1S/C9H15NO3.C5H9NO3.2C2H6/c1-4-5-6-8(9(12)13-3)10-7(2)11;1-4(7)6-3-5(8)9-2;2*1-2/h4-5,8H,6H2,1-3H3,(H,10,11);3H2,1-2H3,(H,6,7);2*1-2H3/b5-4+;;;. The molecule has 1 atom stereocenters. The van der Waals surface area contributed by atoms with E-state index in [0.717, 1.165) is 0 Å². The van der Waals surface area contributed by atoms with Crippen LogP contribution in [-0.2, 0) is 28.7 Å². The predicted octanol–water partition coefficient (Wildman–Crippen LogP) is 1.98. The molecule has 8 heteroatoms. The summed E-state index contributed by atoms with van der Waals surface area (Å²) in [6.07, 6.45) is 4.08. The zero-order valence-electron chi connectivity index (χ0n) is 17.6. The number of allylic oxidation sites excluding steroid dienone is 1. The Morgan fingerprint density at radius 1 is 0.923 bits per heavy atom. The van der Waals surface area contributed by atoms with Crippen LogP contribution in [0, 0.1) is 0 Å². The average Bonchev–Trinajstić information content (AvgIpc) is 2.65. The van der Waals surface area contributed by atoms with E-state index in [1.54, 1.807) is 6.08 Å². The summed E-state index contributed by atoms with van der Waals surface area (Å²) in [4.78, 5) is 42.2. The third kappa shape index (κ3) is 26.5. The molecule has 0 saturated carbocycles. The van der Waals surface area contributed by atoms with E-state index in [2.05, 4.69) is 20.1 Å². The van der Waals surface area contributed by atoms with Gasteiger partial charge < -0.3 is 20.1 Å². The fourth-order valence-electron chi connectivity index (χ4n) is 1.14. The van der Waals surface area contributed by atoms with Crippen molar-refractivity contribution in [2.45, 2.75) is 60.9 Å². The lowest BCUT2D eigenvalue weighted by atomic mass is 10.2. The van der Waals surface area contributed by atoms with E-state index in [9.17, 15) is 19.2 Å². The monoisotopic (exact) mass is 376 g/mol. The number of hydrogen-bond acceptors (Lipinski definition) is 6. The van der Waals surface area contributed by atoms with Crippen molar-refractivity contribution in [3.8, 4) is 0 Å². The molecule has 0 aliphatic rings. The lowest BCUT2D eigenvalue weighted by molar-refractivity contribution is -0.144. The Balaban J connectivity index is -0.000000162. The first-order chi connectivity index (χ1) is 12.3. The van der Waals surface area contributed by atoms with Crippen molar-refractivity contribution in [3.63, 3.8) is 0 Å². The van der Waals surface area contributed by atoms with E-state index < -0.39 is 18.0 Å². The molecular formula is C18H36N2O6. The summed E-state index contributed by atoms with van der Waals surface area (Å²) in [7, 11) is 2.57. The van der Waals surface area contributed by atoms with E-state index in [4.69, 9.17) is 0 Å². The Morgan fingerprint density at radius 2 is 1.42 bits per heavy atom. The van der Waals surface area contributed by atoms with Gasteiger partial charge in [-0.2, -0.15) is 0 Å². The van der Waals surface area contributed by atoms with Crippen LogP contribution in [0.2, 0.25) is 0 Å². The Bertz CT molecular complexity index is 408. The Kier molecular flexibility index (Phi) is 30.0. The molecule has 0 aromatic carbocycles. The highest BCUT2D eigenvalue weighted by Crippen LogP contribution is 1.96. The molecule has 0 bridgehead atoms. The zero-order valence-corrected chi connectivity index (χ0v) is 17.6. The normalized spacial score (nSPS) is 9.58. The molecule has 0 saturated heterocycles. The number of amides is 2. The number of esters is 2. The maximum atomic E-state index is 11.1. The molecule has 8 nitrogen and oxygen atoms in total. The third-order valence-corrected chi connectivity index (χ3v) is 2.18. The van der Waals surface area contributed by atoms with Crippen molar-refractivity contribution in [1.29, 1.82) is 0 Å². The van der Waals surface area contributed by atoms with E-state index >= 15 is 0 Å². The van der Waals surface area contributed by atoms with Crippen LogP contribution >= 0.6 is 0 Å². The zero-order chi connectivity index (χ0) is 21.5. The minimum Gasteiger partial charge on any atom is -0.468 e. The van der Waals surface area contributed by atoms with Gasteiger partial charge in [-0.3, -0.25) is 14.4 Å². The summed E-state index contributed by atoms with van der Waals surface area (Å²) in [6.45, 7) is 12.5. The molecule has 0 aromatic heterocycles. The molecule has 26 heavy (non-hydrogen) atoms. The lowest BCUT2D eigenvalue weighted by Crippen LogP contribution is -2.39. The second-order valence-electron chi connectivity index (χ2n) is 4.07. The minimum atomic E-state index is -0.571. The fourth-order valence-corrected chi connectivity index (χ4v) is 1.14. The van der Waals surface area contributed by atoms with Gasteiger partial charge in [-0.15, -0.1) is 0 Å². The van der Waals surface area contributed by atoms with Crippen LogP contribution < -0.4 is 10.6 Å². The molecule has 0 aliphatic carbocycles. The van der Waals surface area contributed by atoms with E-state index in [-0.39, 0.29) is 18.4 Å². The highest BCUT2D eigenvalue weighted by molar-refractivity contribution is 5.83. The highest BCUT2D eigenvalue weighted by atomic mass is 16.5. The van der Waals surface area contributed by atoms with E-state index in [0.29, 0.717) is 6.42 Å². The van der Waals surface area contributed by atoms with Crippen LogP contribution in [0.5, 0.6) is 0 Å². The molecule has 154 valence electrons. The van der Waals surface area contributed by atoms with Crippen LogP contribution in [0.1, 0.15) is 54.9 Å². The summed E-state index contributed by atoms with van der Waals surface area (Å²) < 4.78 is 8.77. The van der Waals surface area contributed by atoms with Crippen molar-refractivity contribution >= 4 is 23.8 Å². The first-order valence-corrected chi connectivity index (χ1v) is 8.55. The van der Waals surface area contributed by atoms with Gasteiger partial charge in [-0.1, -0.05) is 39.8 Å². The molecule has 2 N–H and O–H groups in total. The van der Waals surface area contributed by atoms with Crippen LogP contribution in [0.4, 0.5) is 0 Å². The van der Waals surface area contributed by atoms with Crippen molar-refractivity contribution in [3.05, 3.63) is 12.2 Å². The molecule has 0 fully saturated rings. The largest absolute Gasteiger partial charge is 0.468 e. The van der Waals surface area contributed by atoms with E-state index in [1.807, 2.05) is 40.7 Å². The van der Waals surface area contributed by atoms with Crippen molar-refractivity contribution in [1.82, 2.24) is 10.6 Å². The highest BCUT2D eigenvalue weighted by Gasteiger charge is 2.17. The quantitative estimate of drug-likeness (QED) is 0.542. The number of rotatable bonds is 6. The SMILES string of the molecule is C/C=C/CC(NC(C)=O)C(=O)OC.CC.CC.COC(=O)CNC(C)=O. The minimum absolute atomic E-state index is 0.0498. The Hall–Kier alpha value is -2.38. The molecule has 0 aromatic rings. The first kappa shape index (κ1) is 31.4. The summed E-state index contributed by atoms with van der Waals surface area (Å²) in [5, 5.41) is 4.78. The number of carbonyl (C=O) groups excluding carboxylic acids is 4. The van der Waals surface area contributed by atoms with Crippen LogP contribution in [0.25, 0.3) is 0 Å². The Labute approximate surface area is 157 Å². The summed E-state index contributed by atoms with van der Waals surface area (Å²) in [6, 6.07) is -0.571. The Morgan fingerprint density at radius 3 is 1.73 bits per heavy atom.